The SMILES string of the molecule is I.NC(=NCc1ccc(CN2CCOCC2)cc1)Nc1ccccc1. The van der Waals surface area contributed by atoms with Gasteiger partial charge in [0, 0.05) is 25.3 Å². The standard InChI is InChI=1S/C19H24N4O.HI/c20-19(22-18-4-2-1-3-5-18)21-14-16-6-8-17(9-7-16)15-23-10-12-24-13-11-23;/h1-9H,10-15H2,(H3,20,21,22);1H. The molecule has 3 N–H and O–H groups in total. The van der Waals surface area contributed by atoms with Crippen molar-refractivity contribution in [2.75, 3.05) is 31.6 Å². The third-order valence-corrected chi connectivity index (χ3v) is 4.01. The summed E-state index contributed by atoms with van der Waals surface area (Å²) in [5.41, 5.74) is 9.34. The first-order chi connectivity index (χ1) is 11.8. The fraction of sp³-hybridized carbons (Fsp3) is 0.316. The van der Waals surface area contributed by atoms with Gasteiger partial charge < -0.3 is 15.8 Å². The second-order valence-corrected chi connectivity index (χ2v) is 5.90. The average molecular weight is 452 g/mol. The van der Waals surface area contributed by atoms with Gasteiger partial charge in [0.25, 0.3) is 0 Å². The zero-order chi connectivity index (χ0) is 16.6. The number of nitrogens with two attached hydrogens (primary N) is 1. The predicted octanol–water partition coefficient (Wildman–Crippen LogP) is 3.06. The number of nitrogens with zero attached hydrogens (tertiary/aromatic N) is 2. The number of morpholine rings is 1. The Bertz CT molecular complexity index is 655. The number of para-hydroxylation sites is 1. The minimum Gasteiger partial charge on any atom is -0.379 e. The molecule has 0 amide bonds. The van der Waals surface area contributed by atoms with Gasteiger partial charge in [-0.15, -0.1) is 24.0 Å². The van der Waals surface area contributed by atoms with Crippen LogP contribution < -0.4 is 11.1 Å². The van der Waals surface area contributed by atoms with Crippen LogP contribution in [-0.2, 0) is 17.8 Å². The lowest BCUT2D eigenvalue weighted by atomic mass is 10.1. The number of nitrogens with one attached hydrogen (secondary N) is 1. The molecule has 134 valence electrons. The van der Waals surface area contributed by atoms with E-state index in [1.807, 2.05) is 30.3 Å². The van der Waals surface area contributed by atoms with Crippen molar-refractivity contribution < 1.29 is 4.74 Å². The highest BCUT2D eigenvalue weighted by Gasteiger charge is 2.10. The van der Waals surface area contributed by atoms with Crippen molar-refractivity contribution in [3.63, 3.8) is 0 Å². The van der Waals surface area contributed by atoms with E-state index in [4.69, 9.17) is 10.5 Å². The molecule has 1 heterocycles. The summed E-state index contributed by atoms with van der Waals surface area (Å²) in [4.78, 5) is 6.81. The van der Waals surface area contributed by atoms with Crippen molar-refractivity contribution in [3.8, 4) is 0 Å². The van der Waals surface area contributed by atoms with Crippen LogP contribution in [0.5, 0.6) is 0 Å². The molecule has 6 heteroatoms. The van der Waals surface area contributed by atoms with Gasteiger partial charge in [-0.1, -0.05) is 42.5 Å². The van der Waals surface area contributed by atoms with Crippen LogP contribution in [0.1, 0.15) is 11.1 Å². The first-order valence-corrected chi connectivity index (χ1v) is 8.29. The molecular formula is C19H25IN4O. The summed E-state index contributed by atoms with van der Waals surface area (Å²) in [6.07, 6.45) is 0. The number of benzene rings is 2. The third-order valence-electron chi connectivity index (χ3n) is 4.01. The highest BCUT2D eigenvalue weighted by Crippen LogP contribution is 2.10. The number of hydrogen-bond donors (Lipinski definition) is 2. The summed E-state index contributed by atoms with van der Waals surface area (Å²) in [5, 5.41) is 3.09. The number of aliphatic imine (C=N–C) groups is 1. The molecule has 5 nitrogen and oxygen atoms in total. The molecule has 1 fully saturated rings. The predicted molar refractivity (Wildman–Crippen MR) is 113 cm³/mol. The Hall–Kier alpha value is -1.64. The quantitative estimate of drug-likeness (QED) is 0.416. The molecule has 0 atom stereocenters. The van der Waals surface area contributed by atoms with Crippen LogP contribution in [0.25, 0.3) is 0 Å². The van der Waals surface area contributed by atoms with Crippen LogP contribution in [0.15, 0.2) is 59.6 Å². The molecule has 1 aliphatic rings. The minimum absolute atomic E-state index is 0. The maximum Gasteiger partial charge on any atom is 0.193 e. The summed E-state index contributed by atoms with van der Waals surface area (Å²) >= 11 is 0. The molecule has 0 aliphatic carbocycles. The third kappa shape index (κ3) is 6.64. The van der Waals surface area contributed by atoms with Crippen molar-refractivity contribution >= 4 is 35.6 Å². The number of anilines is 1. The Kier molecular flexibility index (Phi) is 8.17. The number of guanidine groups is 1. The highest BCUT2D eigenvalue weighted by atomic mass is 127. The number of ether oxygens (including phenoxy) is 1. The van der Waals surface area contributed by atoms with Crippen LogP contribution in [0.3, 0.4) is 0 Å². The Morgan fingerprint density at radius 2 is 1.64 bits per heavy atom. The van der Waals surface area contributed by atoms with Crippen molar-refractivity contribution in [2.45, 2.75) is 13.1 Å². The van der Waals surface area contributed by atoms with Gasteiger partial charge in [0.2, 0.25) is 0 Å². The monoisotopic (exact) mass is 452 g/mol. The Balaban J connectivity index is 0.00000225. The minimum atomic E-state index is 0. The smallest absolute Gasteiger partial charge is 0.193 e. The summed E-state index contributed by atoms with van der Waals surface area (Å²) in [6.45, 7) is 5.23. The van der Waals surface area contributed by atoms with Crippen LogP contribution in [0, 0.1) is 0 Å². The molecule has 1 aliphatic heterocycles. The molecule has 2 aromatic rings. The molecule has 0 aromatic heterocycles. The van der Waals surface area contributed by atoms with E-state index in [-0.39, 0.29) is 24.0 Å². The van der Waals surface area contributed by atoms with E-state index in [1.165, 1.54) is 5.56 Å². The summed E-state index contributed by atoms with van der Waals surface area (Å²) in [7, 11) is 0. The number of hydrogen-bond acceptors (Lipinski definition) is 3. The first-order valence-electron chi connectivity index (χ1n) is 8.29. The maximum atomic E-state index is 5.93. The van der Waals surface area contributed by atoms with E-state index in [9.17, 15) is 0 Å². The maximum absolute atomic E-state index is 5.93. The fourth-order valence-electron chi connectivity index (χ4n) is 2.65. The molecule has 0 unspecified atom stereocenters. The zero-order valence-electron chi connectivity index (χ0n) is 14.2. The topological polar surface area (TPSA) is 62.9 Å². The Labute approximate surface area is 166 Å². The van der Waals surface area contributed by atoms with Crippen molar-refractivity contribution in [2.24, 2.45) is 10.7 Å². The van der Waals surface area contributed by atoms with Gasteiger partial charge >= 0.3 is 0 Å². The molecule has 0 saturated carbocycles. The molecule has 25 heavy (non-hydrogen) atoms. The fourth-order valence-corrected chi connectivity index (χ4v) is 2.65. The average Bonchev–Trinajstić information content (AvgIpc) is 2.63. The van der Waals surface area contributed by atoms with Gasteiger partial charge in [-0.2, -0.15) is 0 Å². The highest BCUT2D eigenvalue weighted by molar-refractivity contribution is 14.0. The van der Waals surface area contributed by atoms with Gasteiger partial charge in [0.05, 0.1) is 19.8 Å². The second-order valence-electron chi connectivity index (χ2n) is 5.90. The summed E-state index contributed by atoms with van der Waals surface area (Å²) < 4.78 is 5.38. The van der Waals surface area contributed by atoms with Gasteiger partial charge in [-0.3, -0.25) is 4.90 Å². The van der Waals surface area contributed by atoms with E-state index in [2.05, 4.69) is 39.5 Å². The van der Waals surface area contributed by atoms with E-state index in [0.717, 1.165) is 44.1 Å². The van der Waals surface area contributed by atoms with Crippen LogP contribution in [-0.4, -0.2) is 37.2 Å². The largest absolute Gasteiger partial charge is 0.379 e. The summed E-state index contributed by atoms with van der Waals surface area (Å²) in [5.74, 6) is 0.429. The molecule has 1 saturated heterocycles. The van der Waals surface area contributed by atoms with E-state index in [1.54, 1.807) is 0 Å². The molecule has 2 aromatic carbocycles. The van der Waals surface area contributed by atoms with Gasteiger partial charge in [-0.05, 0) is 23.3 Å². The van der Waals surface area contributed by atoms with Crippen molar-refractivity contribution in [1.29, 1.82) is 0 Å². The van der Waals surface area contributed by atoms with Crippen LogP contribution >= 0.6 is 24.0 Å². The van der Waals surface area contributed by atoms with Crippen molar-refractivity contribution in [3.05, 3.63) is 65.7 Å². The van der Waals surface area contributed by atoms with Gasteiger partial charge in [0.1, 0.15) is 0 Å². The first kappa shape index (κ1) is 19.7. The lowest BCUT2D eigenvalue weighted by Crippen LogP contribution is -2.35. The summed E-state index contributed by atoms with van der Waals surface area (Å²) in [6, 6.07) is 18.4. The van der Waals surface area contributed by atoms with Gasteiger partial charge in [0.15, 0.2) is 5.96 Å². The molecule has 3 rings (SSSR count). The van der Waals surface area contributed by atoms with E-state index < -0.39 is 0 Å². The van der Waals surface area contributed by atoms with Crippen LogP contribution in [0.4, 0.5) is 5.69 Å². The Morgan fingerprint density at radius 3 is 2.32 bits per heavy atom. The lowest BCUT2D eigenvalue weighted by molar-refractivity contribution is 0.0342. The number of rotatable bonds is 5. The van der Waals surface area contributed by atoms with Crippen molar-refractivity contribution in [1.82, 2.24) is 4.90 Å². The second kappa shape index (κ2) is 10.4. The molecule has 0 spiro atoms. The molecule has 0 radical (unpaired) electrons. The lowest BCUT2D eigenvalue weighted by Gasteiger charge is -2.26. The van der Waals surface area contributed by atoms with Crippen LogP contribution in [0.2, 0.25) is 0 Å². The normalized spacial score (nSPS) is 15.4. The molecule has 0 bridgehead atoms. The molecular weight excluding hydrogens is 427 g/mol. The van der Waals surface area contributed by atoms with E-state index in [0.29, 0.717) is 12.5 Å². The van der Waals surface area contributed by atoms with Gasteiger partial charge in [-0.25, -0.2) is 4.99 Å². The number of halogens is 1. The Morgan fingerprint density at radius 1 is 1.00 bits per heavy atom. The zero-order valence-corrected chi connectivity index (χ0v) is 16.6. The van der Waals surface area contributed by atoms with E-state index >= 15 is 0 Å².